The Hall–Kier alpha value is -1.96. The minimum Gasteiger partial charge on any atom is -0.341 e. The molecule has 0 saturated carbocycles. The van der Waals surface area contributed by atoms with Crippen LogP contribution in [0.2, 0.25) is 0 Å². The van der Waals surface area contributed by atoms with Crippen LogP contribution in [0.1, 0.15) is 49.7 Å². The van der Waals surface area contributed by atoms with Crippen molar-refractivity contribution >= 4 is 11.8 Å². The first-order chi connectivity index (χ1) is 12.5. The molecule has 3 heterocycles. The van der Waals surface area contributed by atoms with Gasteiger partial charge >= 0.3 is 0 Å². The molecule has 0 radical (unpaired) electrons. The van der Waals surface area contributed by atoms with Crippen LogP contribution < -0.4 is 0 Å². The van der Waals surface area contributed by atoms with Crippen molar-refractivity contribution in [3.05, 3.63) is 11.6 Å². The number of piperidine rings is 2. The van der Waals surface area contributed by atoms with Gasteiger partial charge in [0.15, 0.2) is 0 Å². The van der Waals surface area contributed by atoms with Gasteiger partial charge in [0, 0.05) is 39.0 Å². The van der Waals surface area contributed by atoms with Crippen LogP contribution in [0.3, 0.4) is 0 Å². The predicted octanol–water partition coefficient (Wildman–Crippen LogP) is 0.595. The van der Waals surface area contributed by atoms with Gasteiger partial charge in [0.05, 0.1) is 13.1 Å². The van der Waals surface area contributed by atoms with Crippen molar-refractivity contribution in [1.82, 2.24) is 29.5 Å². The summed E-state index contributed by atoms with van der Waals surface area (Å²) in [6.07, 6.45) is 4.32. The van der Waals surface area contributed by atoms with Crippen LogP contribution in [-0.2, 0) is 23.2 Å². The molecule has 26 heavy (non-hydrogen) atoms. The molecule has 2 fully saturated rings. The van der Waals surface area contributed by atoms with Crippen LogP contribution in [0.25, 0.3) is 0 Å². The Labute approximate surface area is 155 Å². The highest BCUT2D eigenvalue weighted by molar-refractivity contribution is 5.85. The Kier molecular flexibility index (Phi) is 5.90. The van der Waals surface area contributed by atoms with Gasteiger partial charge in [0.2, 0.25) is 11.8 Å². The zero-order valence-corrected chi connectivity index (χ0v) is 16.1. The molecular formula is C18H30N6O2. The quantitative estimate of drug-likeness (QED) is 0.767. The average Bonchev–Trinajstić information content (AvgIpc) is 2.97. The number of aromatic nitrogens is 3. The largest absolute Gasteiger partial charge is 0.341 e. The third-order valence-corrected chi connectivity index (χ3v) is 5.42. The molecule has 2 amide bonds. The van der Waals surface area contributed by atoms with Gasteiger partial charge in [-0.3, -0.25) is 9.59 Å². The second-order valence-electron chi connectivity index (χ2n) is 7.70. The fourth-order valence-corrected chi connectivity index (χ4v) is 3.83. The van der Waals surface area contributed by atoms with E-state index in [2.05, 4.69) is 19.7 Å². The molecule has 0 N–H and O–H groups in total. The second kappa shape index (κ2) is 8.16. The number of hydrogen-bond acceptors (Lipinski definition) is 5. The van der Waals surface area contributed by atoms with Gasteiger partial charge in [0.1, 0.15) is 11.6 Å². The third kappa shape index (κ3) is 4.23. The summed E-state index contributed by atoms with van der Waals surface area (Å²) in [5, 5.41) is 8.71. The van der Waals surface area contributed by atoms with E-state index < -0.39 is 0 Å². The van der Waals surface area contributed by atoms with E-state index >= 15 is 0 Å². The number of rotatable bonds is 5. The summed E-state index contributed by atoms with van der Waals surface area (Å²) < 4.78 is 2.09. The summed E-state index contributed by atoms with van der Waals surface area (Å²) in [6.45, 7) is 3.17. The highest BCUT2D eigenvalue weighted by Gasteiger charge is 2.29. The fraction of sp³-hybridized carbons (Fsp3) is 0.778. The Morgan fingerprint density at radius 3 is 2.54 bits per heavy atom. The minimum absolute atomic E-state index is 0.0740. The zero-order chi connectivity index (χ0) is 18.7. The van der Waals surface area contributed by atoms with E-state index in [4.69, 9.17) is 0 Å². The van der Waals surface area contributed by atoms with Crippen molar-refractivity contribution in [3.8, 4) is 0 Å². The van der Waals surface area contributed by atoms with Crippen LogP contribution in [0.15, 0.2) is 0 Å². The van der Waals surface area contributed by atoms with Gasteiger partial charge in [-0.15, -0.1) is 10.2 Å². The van der Waals surface area contributed by atoms with Gasteiger partial charge in [-0.05, 0) is 39.8 Å². The molecule has 0 bridgehead atoms. The van der Waals surface area contributed by atoms with Crippen molar-refractivity contribution < 1.29 is 9.59 Å². The molecule has 2 aliphatic heterocycles. The molecule has 0 atom stereocenters. The molecule has 3 rings (SSSR count). The SMILES string of the molecule is CN(C)Cc1nnc(C2CCN(C(=O)CN3CCCCC3=O)CC2)n1C. The maximum Gasteiger partial charge on any atom is 0.242 e. The maximum atomic E-state index is 12.5. The van der Waals surface area contributed by atoms with Crippen LogP contribution in [0, 0.1) is 0 Å². The Morgan fingerprint density at radius 1 is 1.15 bits per heavy atom. The van der Waals surface area contributed by atoms with E-state index in [1.807, 2.05) is 26.0 Å². The lowest BCUT2D eigenvalue weighted by atomic mass is 9.96. The molecule has 2 saturated heterocycles. The highest BCUT2D eigenvalue weighted by Crippen LogP contribution is 2.27. The maximum absolute atomic E-state index is 12.5. The van der Waals surface area contributed by atoms with Crippen molar-refractivity contribution in [2.45, 2.75) is 44.6 Å². The van der Waals surface area contributed by atoms with Crippen molar-refractivity contribution in [2.75, 3.05) is 40.3 Å². The van der Waals surface area contributed by atoms with Crippen molar-refractivity contribution in [1.29, 1.82) is 0 Å². The normalized spacial score (nSPS) is 19.5. The molecule has 144 valence electrons. The molecule has 0 spiro atoms. The van der Waals surface area contributed by atoms with Gasteiger partial charge < -0.3 is 19.3 Å². The lowest BCUT2D eigenvalue weighted by Gasteiger charge is -2.34. The first-order valence-electron chi connectivity index (χ1n) is 9.54. The van der Waals surface area contributed by atoms with Gasteiger partial charge in [-0.25, -0.2) is 0 Å². The molecule has 8 nitrogen and oxygen atoms in total. The molecular weight excluding hydrogens is 332 g/mol. The molecule has 0 aliphatic carbocycles. The molecule has 8 heteroatoms. The van der Waals surface area contributed by atoms with Crippen LogP contribution in [0.4, 0.5) is 0 Å². The molecule has 1 aromatic rings. The molecule has 1 aromatic heterocycles. The van der Waals surface area contributed by atoms with Crippen LogP contribution in [-0.4, -0.2) is 81.6 Å². The first-order valence-corrected chi connectivity index (χ1v) is 9.54. The predicted molar refractivity (Wildman–Crippen MR) is 97.4 cm³/mol. The molecule has 0 aromatic carbocycles. The standard InChI is InChI=1S/C18H30N6O2/c1-21(2)12-15-19-20-18(22(15)3)14-7-10-23(11-8-14)17(26)13-24-9-5-4-6-16(24)25/h14H,4-13H2,1-3H3. The summed E-state index contributed by atoms with van der Waals surface area (Å²) in [7, 11) is 6.06. The lowest BCUT2D eigenvalue weighted by Crippen LogP contribution is -2.46. The second-order valence-corrected chi connectivity index (χ2v) is 7.70. The van der Waals surface area contributed by atoms with Crippen molar-refractivity contribution in [3.63, 3.8) is 0 Å². The van der Waals surface area contributed by atoms with E-state index in [1.165, 1.54) is 0 Å². The number of likely N-dealkylation sites (tertiary alicyclic amines) is 2. The number of amides is 2. The van der Waals surface area contributed by atoms with Crippen LogP contribution >= 0.6 is 0 Å². The van der Waals surface area contributed by atoms with Gasteiger partial charge in [0.25, 0.3) is 0 Å². The Bertz CT molecular complexity index is 648. The number of carbonyl (C=O) groups is 2. The van der Waals surface area contributed by atoms with E-state index in [-0.39, 0.29) is 18.4 Å². The number of hydrogen-bond donors (Lipinski definition) is 0. The summed E-state index contributed by atoms with van der Waals surface area (Å²) in [5.41, 5.74) is 0. The minimum atomic E-state index is 0.0740. The van der Waals surface area contributed by atoms with Crippen molar-refractivity contribution in [2.24, 2.45) is 7.05 Å². The monoisotopic (exact) mass is 362 g/mol. The summed E-state index contributed by atoms with van der Waals surface area (Å²) in [4.78, 5) is 30.1. The van der Waals surface area contributed by atoms with Crippen LogP contribution in [0.5, 0.6) is 0 Å². The smallest absolute Gasteiger partial charge is 0.242 e. The van der Waals surface area contributed by atoms with E-state index in [0.717, 1.165) is 57.0 Å². The zero-order valence-electron chi connectivity index (χ0n) is 16.1. The van der Waals surface area contributed by atoms with E-state index in [0.29, 0.717) is 18.9 Å². The lowest BCUT2D eigenvalue weighted by molar-refractivity contribution is -0.142. The topological polar surface area (TPSA) is 74.6 Å². The number of carbonyl (C=O) groups excluding carboxylic acids is 2. The number of nitrogens with zero attached hydrogens (tertiary/aromatic N) is 6. The molecule has 0 unspecified atom stereocenters. The summed E-state index contributed by atoms with van der Waals surface area (Å²) >= 11 is 0. The summed E-state index contributed by atoms with van der Waals surface area (Å²) in [5.74, 6) is 2.51. The highest BCUT2D eigenvalue weighted by atomic mass is 16.2. The van der Waals surface area contributed by atoms with E-state index in [1.54, 1.807) is 4.90 Å². The Morgan fingerprint density at radius 2 is 1.88 bits per heavy atom. The summed E-state index contributed by atoms with van der Waals surface area (Å²) in [6, 6.07) is 0. The Balaban J connectivity index is 1.53. The first kappa shape index (κ1) is 18.8. The van der Waals surface area contributed by atoms with E-state index in [9.17, 15) is 9.59 Å². The van der Waals surface area contributed by atoms with Gasteiger partial charge in [-0.1, -0.05) is 0 Å². The fourth-order valence-electron chi connectivity index (χ4n) is 3.83. The van der Waals surface area contributed by atoms with Gasteiger partial charge in [-0.2, -0.15) is 0 Å². The average molecular weight is 362 g/mol. The third-order valence-electron chi connectivity index (χ3n) is 5.42. The molecule has 2 aliphatic rings.